The summed E-state index contributed by atoms with van der Waals surface area (Å²) in [4.78, 5) is 16.6. The number of nitrogens with one attached hydrogen (secondary N) is 1. The van der Waals surface area contributed by atoms with Crippen molar-refractivity contribution >= 4 is 11.7 Å². The molecule has 0 aromatic heterocycles. The smallest absolute Gasteiger partial charge is 0.311 e. The predicted molar refractivity (Wildman–Crippen MR) is 211 cm³/mol. The average molecular weight is 817 g/mol. The van der Waals surface area contributed by atoms with Crippen molar-refractivity contribution in [3.05, 3.63) is 0 Å². The highest BCUT2D eigenvalue weighted by Crippen LogP contribution is 2.42. The van der Waals surface area contributed by atoms with E-state index in [2.05, 4.69) is 11.9 Å². The van der Waals surface area contributed by atoms with Crippen molar-refractivity contribution in [1.29, 1.82) is 5.41 Å². The predicted octanol–water partition coefficient (Wildman–Crippen LogP) is 4.40. The van der Waals surface area contributed by atoms with Gasteiger partial charge in [-0.1, -0.05) is 27.7 Å². The second-order valence-corrected chi connectivity index (χ2v) is 18.2. The number of rotatable bonds is 11. The van der Waals surface area contributed by atoms with Crippen LogP contribution in [0.2, 0.25) is 0 Å². The van der Waals surface area contributed by atoms with Crippen molar-refractivity contribution in [2.24, 2.45) is 23.7 Å². The first-order chi connectivity index (χ1) is 26.5. The highest BCUT2D eigenvalue weighted by Gasteiger charge is 2.53. The van der Waals surface area contributed by atoms with Crippen LogP contribution in [-0.4, -0.2) is 150 Å². The largest absolute Gasteiger partial charge is 0.459 e. The Morgan fingerprint density at radius 1 is 0.842 bits per heavy atom. The van der Waals surface area contributed by atoms with Crippen LogP contribution in [-0.2, 0) is 47.4 Å². The van der Waals surface area contributed by atoms with Crippen LogP contribution < -0.4 is 0 Å². The molecule has 332 valence electrons. The van der Waals surface area contributed by atoms with E-state index in [4.69, 9.17) is 42.6 Å². The summed E-state index contributed by atoms with van der Waals surface area (Å²) in [7, 11) is 5.23. The number of hydrogen-bond donors (Lipinski definition) is 4. The molecule has 0 spiro atoms. The summed E-state index contributed by atoms with van der Waals surface area (Å²) in [6.07, 6.45) is -5.04. The molecule has 17 atom stereocenters. The number of nitrogens with zero attached hydrogens (tertiary/aromatic N) is 1. The van der Waals surface area contributed by atoms with Gasteiger partial charge in [-0.25, -0.2) is 0 Å². The molecule has 0 radical (unpaired) electrons. The fraction of sp³-hybridized carbons (Fsp3) is 0.952. The lowest BCUT2D eigenvalue weighted by molar-refractivity contribution is -0.377. The van der Waals surface area contributed by atoms with Gasteiger partial charge in [-0.3, -0.25) is 4.79 Å². The number of aliphatic hydroxyl groups excluding tert-OH is 2. The van der Waals surface area contributed by atoms with E-state index in [9.17, 15) is 25.5 Å². The van der Waals surface area contributed by atoms with Crippen molar-refractivity contribution in [2.75, 3.05) is 27.8 Å². The molecular formula is C42H76N2O13. The summed E-state index contributed by atoms with van der Waals surface area (Å²) in [5, 5.41) is 43.6. The van der Waals surface area contributed by atoms with Crippen LogP contribution in [0.25, 0.3) is 0 Å². The van der Waals surface area contributed by atoms with E-state index in [1.807, 2.05) is 34.6 Å². The Labute approximate surface area is 341 Å². The molecule has 4 aliphatic rings. The first-order valence-electron chi connectivity index (χ1n) is 21.1. The molecule has 0 aromatic carbocycles. The Morgan fingerprint density at radius 2 is 1.47 bits per heavy atom. The summed E-state index contributed by atoms with van der Waals surface area (Å²) in [5.74, 6) is -3.36. The van der Waals surface area contributed by atoms with Crippen molar-refractivity contribution in [2.45, 2.75) is 205 Å². The molecule has 0 aromatic rings. The molecule has 0 saturated carbocycles. The van der Waals surface area contributed by atoms with Crippen LogP contribution in [0.3, 0.4) is 0 Å². The van der Waals surface area contributed by atoms with Crippen molar-refractivity contribution in [3.63, 3.8) is 0 Å². The minimum Gasteiger partial charge on any atom is -0.459 e. The van der Waals surface area contributed by atoms with E-state index in [0.29, 0.717) is 12.8 Å². The molecular weight excluding hydrogens is 740 g/mol. The van der Waals surface area contributed by atoms with Crippen LogP contribution in [0.15, 0.2) is 0 Å². The first kappa shape index (κ1) is 48.3. The van der Waals surface area contributed by atoms with Crippen molar-refractivity contribution < 1.29 is 62.7 Å². The lowest BCUT2D eigenvalue weighted by Crippen LogP contribution is -2.60. The Kier molecular flexibility index (Phi) is 16.6. The molecule has 57 heavy (non-hydrogen) atoms. The zero-order chi connectivity index (χ0) is 42.8. The van der Waals surface area contributed by atoms with Gasteiger partial charge in [-0.05, 0) is 80.7 Å². The second kappa shape index (κ2) is 19.6. The van der Waals surface area contributed by atoms with Gasteiger partial charge in [-0.15, -0.1) is 0 Å². The zero-order valence-electron chi connectivity index (χ0n) is 37.1. The molecule has 0 amide bonds. The normalized spacial score (nSPS) is 48.2. The maximum atomic E-state index is 14.3. The second-order valence-electron chi connectivity index (χ2n) is 18.2. The Morgan fingerprint density at radius 3 is 2.05 bits per heavy atom. The summed E-state index contributed by atoms with van der Waals surface area (Å²) >= 11 is 0. The zero-order valence-corrected chi connectivity index (χ0v) is 37.1. The van der Waals surface area contributed by atoms with Gasteiger partial charge < -0.3 is 68.3 Å². The van der Waals surface area contributed by atoms with Crippen molar-refractivity contribution in [3.8, 4) is 0 Å². The molecule has 0 aliphatic carbocycles. The van der Waals surface area contributed by atoms with E-state index in [0.717, 1.165) is 19.4 Å². The number of carbonyl (C=O) groups excluding carboxylic acids is 1. The van der Waals surface area contributed by atoms with Crippen LogP contribution >= 0.6 is 0 Å². The summed E-state index contributed by atoms with van der Waals surface area (Å²) in [6.45, 7) is 20.7. The Bertz CT molecular complexity index is 1320. The van der Waals surface area contributed by atoms with Gasteiger partial charge in [0.25, 0.3) is 0 Å². The SMILES string of the molecule is CC[C@H]1OC(=O)[C@H](C)[C@@H](O[C@H]2C[C@@](C)(OC)[C@@H](O)[C@H](C)O2)[C@H](C)[C@@H](O[C@H]2C[C@@H](N(C)CCC3OC(C)O3)C[C@@H](C)O2)[C@](C)(OC)C[C@@H](C)C(=N)[C@H](C)[C@@H](O)[C@]1(C)O. The Hall–Kier alpha value is -1.34. The standard InChI is InChI=1S/C42H76N2O13/c1-15-30-42(11,48)36(45)24(4)34(43)22(2)20-41(10,50-14)38(57-32-19-29(18-23(3)51-32)44(12)17-16-31-53-28(8)54-31)25(5)35(26(6)39(47)55-30)56-33-21-40(9,49-13)37(46)27(7)52-33/h22-33,35-38,43,45-46,48H,15-21H2,1-14H3/t22-,23-,24+,25+,26-,27+,28?,29+,30-,31?,32+,33+,35+,36-,37+,38-,40-,41-,42-/m1/s1. The van der Waals surface area contributed by atoms with E-state index in [-0.39, 0.29) is 43.3 Å². The van der Waals surface area contributed by atoms with E-state index in [1.54, 1.807) is 41.7 Å². The third-order valence-corrected chi connectivity index (χ3v) is 13.6. The molecule has 4 heterocycles. The molecule has 0 unspecified atom stereocenters. The Balaban J connectivity index is 1.76. The minimum atomic E-state index is -1.87. The molecule has 4 aliphatic heterocycles. The molecule has 15 heteroatoms. The van der Waals surface area contributed by atoms with Gasteiger partial charge >= 0.3 is 5.97 Å². The number of carbonyl (C=O) groups is 1. The number of hydrogen-bond acceptors (Lipinski definition) is 15. The van der Waals surface area contributed by atoms with Gasteiger partial charge in [0.1, 0.15) is 17.8 Å². The highest BCUT2D eigenvalue weighted by atomic mass is 16.9. The quantitative estimate of drug-likeness (QED) is 0.215. The van der Waals surface area contributed by atoms with Crippen molar-refractivity contribution in [1.82, 2.24) is 4.90 Å². The average Bonchev–Trinajstić information content (AvgIpc) is 3.15. The fourth-order valence-electron chi connectivity index (χ4n) is 9.56. The van der Waals surface area contributed by atoms with Crippen LogP contribution in [0.1, 0.15) is 115 Å². The third-order valence-electron chi connectivity index (χ3n) is 13.6. The lowest BCUT2D eigenvalue weighted by Gasteiger charge is -2.49. The molecule has 4 saturated heterocycles. The molecule has 4 fully saturated rings. The van der Waals surface area contributed by atoms with Gasteiger partial charge in [0.05, 0.1) is 47.6 Å². The van der Waals surface area contributed by atoms with Crippen LogP contribution in [0.5, 0.6) is 0 Å². The maximum Gasteiger partial charge on any atom is 0.311 e. The first-order valence-corrected chi connectivity index (χ1v) is 21.1. The number of esters is 1. The molecule has 4 rings (SSSR count). The fourth-order valence-corrected chi connectivity index (χ4v) is 9.56. The van der Waals surface area contributed by atoms with Crippen LogP contribution in [0, 0.1) is 29.1 Å². The van der Waals surface area contributed by atoms with E-state index in [1.165, 1.54) is 14.0 Å². The number of methoxy groups -OCH3 is 2. The molecule has 15 nitrogen and oxygen atoms in total. The summed E-state index contributed by atoms with van der Waals surface area (Å²) < 4.78 is 56.3. The lowest BCUT2D eigenvalue weighted by atomic mass is 9.73. The van der Waals surface area contributed by atoms with Gasteiger partial charge in [0.15, 0.2) is 25.2 Å². The third kappa shape index (κ3) is 10.9. The topological polar surface area (TPSA) is 188 Å². The minimum absolute atomic E-state index is 0.125. The molecule has 4 N–H and O–H groups in total. The van der Waals surface area contributed by atoms with E-state index < -0.39 is 95.6 Å². The summed E-state index contributed by atoms with van der Waals surface area (Å²) in [6, 6.07) is 0.128. The van der Waals surface area contributed by atoms with E-state index >= 15 is 0 Å². The number of cyclic esters (lactones) is 1. The highest BCUT2D eigenvalue weighted by molar-refractivity contribution is 5.86. The number of ether oxygens (including phenoxy) is 9. The van der Waals surface area contributed by atoms with Gasteiger partial charge in [0, 0.05) is 63.6 Å². The summed E-state index contributed by atoms with van der Waals surface area (Å²) in [5.41, 5.74) is -3.73. The monoisotopic (exact) mass is 817 g/mol. The van der Waals surface area contributed by atoms with Crippen LogP contribution in [0.4, 0.5) is 0 Å². The van der Waals surface area contributed by atoms with Gasteiger partial charge in [-0.2, -0.15) is 0 Å². The molecule has 0 bridgehead atoms. The number of aliphatic hydroxyl groups is 3. The van der Waals surface area contributed by atoms with Gasteiger partial charge in [0.2, 0.25) is 0 Å². The maximum absolute atomic E-state index is 14.3.